The average molecular weight is 385 g/mol. The van der Waals surface area contributed by atoms with Gasteiger partial charge in [0, 0.05) is 0 Å². The first-order chi connectivity index (χ1) is 11.8. The van der Waals surface area contributed by atoms with Crippen LogP contribution in [0.3, 0.4) is 0 Å². The fourth-order valence-corrected chi connectivity index (χ4v) is 2.84. The molecule has 1 aromatic carbocycles. The summed E-state index contributed by atoms with van der Waals surface area (Å²) in [6, 6.07) is 5.97. The SMILES string of the molecule is Cc1ccc(S(=O)(=O)OCCC(C(=N)C(=O)OC(C)(C)C)C(=O)O)cc1. The number of carbonyl (C=O) groups excluding carboxylic acids is 1. The Morgan fingerprint density at radius 3 is 2.19 bits per heavy atom. The highest BCUT2D eigenvalue weighted by atomic mass is 32.2. The van der Waals surface area contributed by atoms with E-state index in [1.54, 1.807) is 39.8 Å². The second-order valence-electron chi connectivity index (χ2n) is 6.68. The van der Waals surface area contributed by atoms with Crippen LogP contribution in [-0.2, 0) is 28.6 Å². The summed E-state index contributed by atoms with van der Waals surface area (Å²) in [4.78, 5) is 23.1. The first-order valence-electron chi connectivity index (χ1n) is 7.84. The predicted molar refractivity (Wildman–Crippen MR) is 93.6 cm³/mol. The van der Waals surface area contributed by atoms with Gasteiger partial charge in [-0.1, -0.05) is 17.7 Å². The van der Waals surface area contributed by atoms with E-state index in [1.807, 2.05) is 0 Å². The third kappa shape index (κ3) is 6.57. The van der Waals surface area contributed by atoms with Crippen molar-refractivity contribution in [2.45, 2.75) is 44.6 Å². The Hall–Kier alpha value is -2.26. The van der Waals surface area contributed by atoms with Crippen LogP contribution in [-0.4, -0.2) is 43.4 Å². The minimum atomic E-state index is -4.05. The zero-order valence-corrected chi connectivity index (χ0v) is 15.9. The Morgan fingerprint density at radius 2 is 1.73 bits per heavy atom. The Balaban J connectivity index is 2.74. The molecule has 0 radical (unpaired) electrons. The maximum atomic E-state index is 12.1. The molecule has 1 rings (SSSR count). The summed E-state index contributed by atoms with van der Waals surface area (Å²) >= 11 is 0. The van der Waals surface area contributed by atoms with E-state index in [-0.39, 0.29) is 11.3 Å². The maximum absolute atomic E-state index is 12.1. The van der Waals surface area contributed by atoms with Crippen molar-refractivity contribution in [1.82, 2.24) is 0 Å². The van der Waals surface area contributed by atoms with Gasteiger partial charge in [-0.3, -0.25) is 14.4 Å². The highest BCUT2D eigenvalue weighted by Gasteiger charge is 2.31. The van der Waals surface area contributed by atoms with Crippen LogP contribution in [0.25, 0.3) is 0 Å². The normalized spacial score (nSPS) is 13.1. The van der Waals surface area contributed by atoms with E-state index in [1.165, 1.54) is 12.1 Å². The number of carbonyl (C=O) groups is 2. The molecule has 0 aliphatic rings. The highest BCUT2D eigenvalue weighted by Crippen LogP contribution is 2.16. The number of carboxylic acids is 1. The van der Waals surface area contributed by atoms with Gasteiger partial charge in [-0.25, -0.2) is 4.79 Å². The second kappa shape index (κ2) is 8.41. The number of hydrogen-bond acceptors (Lipinski definition) is 7. The number of aliphatic carboxylic acids is 1. The van der Waals surface area contributed by atoms with Crippen molar-refractivity contribution in [3.8, 4) is 0 Å². The maximum Gasteiger partial charge on any atom is 0.353 e. The molecule has 0 heterocycles. The molecule has 9 heteroatoms. The van der Waals surface area contributed by atoms with Crippen LogP contribution < -0.4 is 0 Å². The van der Waals surface area contributed by atoms with Crippen molar-refractivity contribution in [2.24, 2.45) is 5.92 Å². The third-order valence-corrected chi connectivity index (χ3v) is 4.55. The number of aryl methyl sites for hydroxylation is 1. The number of carboxylic acid groups (broad SMARTS) is 1. The lowest BCUT2D eigenvalue weighted by atomic mass is 10.00. The van der Waals surface area contributed by atoms with Gasteiger partial charge in [-0.05, 0) is 46.2 Å². The van der Waals surface area contributed by atoms with Crippen LogP contribution >= 0.6 is 0 Å². The van der Waals surface area contributed by atoms with E-state index in [2.05, 4.69) is 0 Å². The molecule has 0 bridgehead atoms. The van der Waals surface area contributed by atoms with Crippen LogP contribution in [0.15, 0.2) is 29.2 Å². The summed E-state index contributed by atoms with van der Waals surface area (Å²) in [6.07, 6.45) is -0.363. The number of ether oxygens (including phenoxy) is 1. The fourth-order valence-electron chi connectivity index (χ4n) is 1.92. The van der Waals surface area contributed by atoms with Crippen LogP contribution in [0.5, 0.6) is 0 Å². The molecule has 0 aliphatic heterocycles. The predicted octanol–water partition coefficient (Wildman–Crippen LogP) is 2.15. The van der Waals surface area contributed by atoms with E-state index in [0.717, 1.165) is 5.56 Å². The average Bonchev–Trinajstić information content (AvgIpc) is 2.49. The zero-order valence-electron chi connectivity index (χ0n) is 15.1. The molecule has 0 saturated carbocycles. The zero-order chi connectivity index (χ0) is 20.1. The largest absolute Gasteiger partial charge is 0.481 e. The molecule has 0 fully saturated rings. The topological polar surface area (TPSA) is 131 Å². The monoisotopic (exact) mass is 385 g/mol. The van der Waals surface area contributed by atoms with Crippen LogP contribution in [0.1, 0.15) is 32.8 Å². The lowest BCUT2D eigenvalue weighted by Crippen LogP contribution is -2.36. The lowest BCUT2D eigenvalue weighted by molar-refractivity contribution is -0.149. The van der Waals surface area contributed by atoms with Crippen LogP contribution in [0, 0.1) is 18.3 Å². The molecule has 1 aromatic rings. The van der Waals surface area contributed by atoms with Crippen molar-refractivity contribution in [1.29, 1.82) is 5.41 Å². The molecule has 0 aromatic heterocycles. The van der Waals surface area contributed by atoms with Crippen molar-refractivity contribution in [3.05, 3.63) is 29.8 Å². The molecule has 0 spiro atoms. The van der Waals surface area contributed by atoms with Crippen molar-refractivity contribution >= 4 is 27.8 Å². The quantitative estimate of drug-likeness (QED) is 0.398. The number of esters is 1. The van der Waals surface area contributed by atoms with E-state index < -0.39 is 45.9 Å². The van der Waals surface area contributed by atoms with E-state index in [0.29, 0.717) is 0 Å². The third-order valence-electron chi connectivity index (χ3n) is 3.22. The smallest absolute Gasteiger partial charge is 0.353 e. The standard InChI is InChI=1S/C17H23NO7S/c1-11-5-7-12(8-6-11)26(22,23)24-10-9-13(15(19)20)14(18)16(21)25-17(2,3)4/h5-8,13,18H,9-10H2,1-4H3,(H,19,20). The second-order valence-corrected chi connectivity index (χ2v) is 8.30. The van der Waals surface area contributed by atoms with Gasteiger partial charge in [0.1, 0.15) is 17.2 Å². The number of hydrogen-bond donors (Lipinski definition) is 2. The Morgan fingerprint density at radius 1 is 1.19 bits per heavy atom. The number of nitrogens with one attached hydrogen (secondary N) is 1. The summed E-state index contributed by atoms with van der Waals surface area (Å²) in [5.41, 5.74) is -0.762. The van der Waals surface area contributed by atoms with E-state index in [4.69, 9.17) is 14.3 Å². The molecular formula is C17H23NO7S. The minimum Gasteiger partial charge on any atom is -0.481 e. The van der Waals surface area contributed by atoms with Gasteiger partial charge in [0.05, 0.1) is 11.5 Å². The molecule has 0 aliphatic carbocycles. The summed E-state index contributed by atoms with van der Waals surface area (Å²) in [5.74, 6) is -4.03. The van der Waals surface area contributed by atoms with Gasteiger partial charge in [0.15, 0.2) is 0 Å². The first kappa shape index (κ1) is 21.8. The first-order valence-corrected chi connectivity index (χ1v) is 9.25. The molecule has 1 unspecified atom stereocenters. The summed E-state index contributed by atoms with van der Waals surface area (Å²) in [6.45, 7) is 6.08. The molecule has 8 nitrogen and oxygen atoms in total. The number of benzene rings is 1. The summed E-state index contributed by atoms with van der Waals surface area (Å²) in [5, 5.41) is 16.9. The summed E-state index contributed by atoms with van der Waals surface area (Å²) in [7, 11) is -4.05. The summed E-state index contributed by atoms with van der Waals surface area (Å²) < 4.78 is 33.9. The van der Waals surface area contributed by atoms with Gasteiger partial charge in [0.2, 0.25) is 0 Å². The Bertz CT molecular complexity index is 776. The van der Waals surface area contributed by atoms with Gasteiger partial charge in [-0.15, -0.1) is 0 Å². The highest BCUT2D eigenvalue weighted by molar-refractivity contribution is 7.86. The fraction of sp³-hybridized carbons (Fsp3) is 0.471. The van der Waals surface area contributed by atoms with Gasteiger partial charge in [0.25, 0.3) is 10.1 Å². The van der Waals surface area contributed by atoms with Crippen molar-refractivity contribution < 1.29 is 32.0 Å². The van der Waals surface area contributed by atoms with Crippen LogP contribution in [0.2, 0.25) is 0 Å². The van der Waals surface area contributed by atoms with Crippen molar-refractivity contribution in [3.63, 3.8) is 0 Å². The molecule has 2 N–H and O–H groups in total. The van der Waals surface area contributed by atoms with E-state index in [9.17, 15) is 23.1 Å². The van der Waals surface area contributed by atoms with Crippen molar-refractivity contribution in [2.75, 3.05) is 6.61 Å². The number of rotatable bonds is 8. The molecule has 0 amide bonds. The Labute approximate surface area is 152 Å². The Kier molecular flexibility index (Phi) is 7.05. The molecule has 0 saturated heterocycles. The lowest BCUT2D eigenvalue weighted by Gasteiger charge is -2.21. The van der Waals surface area contributed by atoms with Gasteiger partial charge >= 0.3 is 11.9 Å². The molecule has 1 atom stereocenters. The minimum absolute atomic E-state index is 0.0582. The van der Waals surface area contributed by atoms with Gasteiger partial charge < -0.3 is 9.84 Å². The molecular weight excluding hydrogens is 362 g/mol. The molecule has 26 heavy (non-hydrogen) atoms. The van der Waals surface area contributed by atoms with Crippen LogP contribution in [0.4, 0.5) is 0 Å². The molecule has 144 valence electrons. The van der Waals surface area contributed by atoms with Gasteiger partial charge in [-0.2, -0.15) is 8.42 Å². The van der Waals surface area contributed by atoms with E-state index >= 15 is 0 Å².